The van der Waals surface area contributed by atoms with Gasteiger partial charge in [0.2, 0.25) is 10.9 Å². The number of rotatable bonds is 0. The molecule has 0 N–H and O–H groups in total. The van der Waals surface area contributed by atoms with Crippen LogP contribution in [0, 0.1) is 0 Å². The maximum atomic E-state index is 12.3. The molecule has 0 aliphatic heterocycles. The average Bonchev–Trinajstić information content (AvgIpc) is 3.13. The molecule has 19 heavy (non-hydrogen) atoms. The third-order valence-corrected chi connectivity index (χ3v) is 6.62. The van der Waals surface area contributed by atoms with E-state index in [1.54, 1.807) is 0 Å². The van der Waals surface area contributed by atoms with E-state index in [4.69, 9.17) is 0 Å². The molecule has 0 atom stereocenters. The molecule has 0 spiro atoms. The summed E-state index contributed by atoms with van der Waals surface area (Å²) in [5, 5.41) is 7.89. The van der Waals surface area contributed by atoms with Gasteiger partial charge in [0.25, 0.3) is 0 Å². The van der Waals surface area contributed by atoms with Crippen LogP contribution in [0.5, 0.6) is 0 Å². The number of thiophene rings is 3. The van der Waals surface area contributed by atoms with E-state index in [0.29, 0.717) is 0 Å². The van der Waals surface area contributed by atoms with Gasteiger partial charge in [0.1, 0.15) is 0 Å². The van der Waals surface area contributed by atoms with E-state index >= 15 is 0 Å². The van der Waals surface area contributed by atoms with Crippen molar-refractivity contribution in [2.24, 2.45) is 0 Å². The number of fused-ring (bicyclic) bond motifs is 7. The first-order valence-electron chi connectivity index (χ1n) is 5.69. The third-order valence-electron chi connectivity index (χ3n) is 3.60. The molecule has 5 aromatic rings. The minimum Gasteiger partial charge on any atom is -0.287 e. The summed E-state index contributed by atoms with van der Waals surface area (Å²) in [5.41, 5.74) is 0.174. The van der Waals surface area contributed by atoms with Gasteiger partial charge < -0.3 is 0 Å². The molecular weight excluding hydrogens is 296 g/mol. The second-order valence-electron chi connectivity index (χ2n) is 4.50. The van der Waals surface area contributed by atoms with Gasteiger partial charge in [-0.1, -0.05) is 0 Å². The lowest BCUT2D eigenvalue weighted by atomic mass is 10.2. The first-order chi connectivity index (χ1) is 9.27. The summed E-state index contributed by atoms with van der Waals surface area (Å²) in [5.74, 6) is 0. The summed E-state index contributed by atoms with van der Waals surface area (Å²) in [4.78, 5) is 24.6. The molecule has 3 heterocycles. The van der Waals surface area contributed by atoms with Gasteiger partial charge in [-0.2, -0.15) is 0 Å². The molecule has 0 amide bonds. The molecule has 2 aromatic carbocycles. The summed E-state index contributed by atoms with van der Waals surface area (Å²) in [6, 6.07) is 3.98. The van der Waals surface area contributed by atoms with E-state index in [-0.39, 0.29) is 10.9 Å². The maximum absolute atomic E-state index is 12.3. The van der Waals surface area contributed by atoms with Crippen molar-refractivity contribution < 1.29 is 0 Å². The van der Waals surface area contributed by atoms with Crippen LogP contribution >= 0.6 is 34.0 Å². The molecule has 5 rings (SSSR count). The standard InChI is InChI=1S/C14H4O2S3/c15-9-11-5(1-3-17-11)7-8-6-2-4-18-12(6)10(16)14(8)19-13(7)9/h1-4H. The maximum Gasteiger partial charge on any atom is 0.214 e. The molecule has 0 aliphatic rings. The summed E-state index contributed by atoms with van der Waals surface area (Å²) in [7, 11) is 0. The molecule has 90 valence electrons. The SMILES string of the molecule is O=c1c2sccc2c2c1sc1c(=O)c3sccc3c12. The average molecular weight is 300 g/mol. The second kappa shape index (κ2) is 3.12. The predicted octanol–water partition coefficient (Wildman–Crippen LogP) is 4.08. The van der Waals surface area contributed by atoms with Gasteiger partial charge >= 0.3 is 0 Å². The Hall–Kier alpha value is -1.56. The Balaban J connectivity index is 2.32. The fourth-order valence-electron chi connectivity index (χ4n) is 2.84. The minimum atomic E-state index is 0.0870. The van der Waals surface area contributed by atoms with Crippen molar-refractivity contribution in [2.75, 3.05) is 0 Å². The Labute approximate surface area is 117 Å². The zero-order valence-corrected chi connectivity index (χ0v) is 11.8. The van der Waals surface area contributed by atoms with E-state index in [9.17, 15) is 9.59 Å². The summed E-state index contributed by atoms with van der Waals surface area (Å²) in [6.45, 7) is 0. The molecule has 5 heteroatoms. The number of hydrogen-bond donors (Lipinski definition) is 0. The first-order valence-corrected chi connectivity index (χ1v) is 8.27. The van der Waals surface area contributed by atoms with Gasteiger partial charge in [0, 0.05) is 21.5 Å². The highest BCUT2D eigenvalue weighted by Crippen LogP contribution is 2.42. The molecule has 0 aliphatic carbocycles. The molecule has 0 bridgehead atoms. The van der Waals surface area contributed by atoms with Gasteiger partial charge in [-0.25, -0.2) is 0 Å². The van der Waals surface area contributed by atoms with Crippen molar-refractivity contribution in [1.29, 1.82) is 0 Å². The molecular formula is C14H4O2S3. The van der Waals surface area contributed by atoms with Gasteiger partial charge in [0.05, 0.1) is 18.8 Å². The minimum absolute atomic E-state index is 0.0870. The van der Waals surface area contributed by atoms with Crippen LogP contribution in [0.25, 0.3) is 40.3 Å². The highest BCUT2D eigenvalue weighted by molar-refractivity contribution is 7.28. The summed E-state index contributed by atoms with van der Waals surface area (Å²) < 4.78 is 3.13. The van der Waals surface area contributed by atoms with E-state index in [0.717, 1.165) is 40.3 Å². The molecule has 0 fully saturated rings. The third kappa shape index (κ3) is 1.00. The second-order valence-corrected chi connectivity index (χ2v) is 7.35. The lowest BCUT2D eigenvalue weighted by molar-refractivity contribution is 2.00. The Bertz CT molecular complexity index is 1100. The topological polar surface area (TPSA) is 34.1 Å². The summed E-state index contributed by atoms with van der Waals surface area (Å²) in [6.07, 6.45) is 0. The normalized spacial score (nSPS) is 12.6. The lowest BCUT2D eigenvalue weighted by Crippen LogP contribution is -1.90. The lowest BCUT2D eigenvalue weighted by Gasteiger charge is -1.82. The highest BCUT2D eigenvalue weighted by atomic mass is 32.1. The zero-order chi connectivity index (χ0) is 12.7. The van der Waals surface area contributed by atoms with Crippen LogP contribution in [0.2, 0.25) is 0 Å². The molecule has 0 saturated heterocycles. The number of hydrogen-bond acceptors (Lipinski definition) is 5. The van der Waals surface area contributed by atoms with Gasteiger partial charge in [-0.3, -0.25) is 9.59 Å². The first kappa shape index (κ1) is 10.3. The van der Waals surface area contributed by atoms with E-state index in [2.05, 4.69) is 0 Å². The van der Waals surface area contributed by atoms with Crippen molar-refractivity contribution in [3.8, 4) is 0 Å². The van der Waals surface area contributed by atoms with Crippen molar-refractivity contribution >= 4 is 74.4 Å². The van der Waals surface area contributed by atoms with Crippen LogP contribution in [0.15, 0.2) is 32.5 Å². The van der Waals surface area contributed by atoms with Crippen molar-refractivity contribution in [3.63, 3.8) is 0 Å². The highest BCUT2D eigenvalue weighted by Gasteiger charge is 2.22. The molecule has 0 unspecified atom stereocenters. The van der Waals surface area contributed by atoms with E-state index in [1.807, 2.05) is 22.9 Å². The van der Waals surface area contributed by atoms with Crippen LogP contribution in [-0.2, 0) is 0 Å². The van der Waals surface area contributed by atoms with Crippen LogP contribution < -0.4 is 10.9 Å². The Kier molecular flexibility index (Phi) is 1.68. The molecule has 0 saturated carbocycles. The molecule has 0 radical (unpaired) electrons. The predicted molar refractivity (Wildman–Crippen MR) is 85.0 cm³/mol. The van der Waals surface area contributed by atoms with Gasteiger partial charge in [0.15, 0.2) is 0 Å². The largest absolute Gasteiger partial charge is 0.287 e. The Morgan fingerprint density at radius 2 is 1.16 bits per heavy atom. The monoisotopic (exact) mass is 300 g/mol. The van der Waals surface area contributed by atoms with E-state index < -0.39 is 0 Å². The van der Waals surface area contributed by atoms with Crippen molar-refractivity contribution in [1.82, 2.24) is 0 Å². The zero-order valence-electron chi connectivity index (χ0n) is 9.35. The molecule has 2 nitrogen and oxygen atoms in total. The van der Waals surface area contributed by atoms with Crippen molar-refractivity contribution in [3.05, 3.63) is 43.3 Å². The Morgan fingerprint density at radius 3 is 1.63 bits per heavy atom. The fourth-order valence-corrected chi connectivity index (χ4v) is 5.88. The van der Waals surface area contributed by atoms with E-state index in [1.165, 1.54) is 34.0 Å². The Morgan fingerprint density at radius 1 is 0.684 bits per heavy atom. The van der Waals surface area contributed by atoms with Crippen LogP contribution in [0.4, 0.5) is 0 Å². The molecule has 3 aromatic heterocycles. The van der Waals surface area contributed by atoms with Crippen LogP contribution in [0.1, 0.15) is 0 Å². The summed E-state index contributed by atoms with van der Waals surface area (Å²) >= 11 is 4.34. The smallest absolute Gasteiger partial charge is 0.214 e. The van der Waals surface area contributed by atoms with Crippen LogP contribution in [-0.4, -0.2) is 0 Å². The van der Waals surface area contributed by atoms with Gasteiger partial charge in [-0.15, -0.1) is 34.0 Å². The van der Waals surface area contributed by atoms with Gasteiger partial charge in [-0.05, 0) is 22.9 Å². The van der Waals surface area contributed by atoms with Crippen molar-refractivity contribution in [2.45, 2.75) is 0 Å². The quantitative estimate of drug-likeness (QED) is 0.432. The van der Waals surface area contributed by atoms with Crippen LogP contribution in [0.3, 0.4) is 0 Å². The fraction of sp³-hybridized carbons (Fsp3) is 0.